The fraction of sp³-hybridized carbons (Fsp3) is 0.294. The average molecular weight is 357 g/mol. The summed E-state index contributed by atoms with van der Waals surface area (Å²) in [6.45, 7) is 3.39. The van der Waals surface area contributed by atoms with Gasteiger partial charge in [0, 0.05) is 37.3 Å². The molecule has 1 aromatic carbocycles. The zero-order chi connectivity index (χ0) is 17.2. The Bertz CT molecular complexity index is 897. The maximum atomic E-state index is 6.00. The summed E-state index contributed by atoms with van der Waals surface area (Å²) in [6.07, 6.45) is 3.34. The van der Waals surface area contributed by atoms with Gasteiger partial charge in [-0.3, -0.25) is 4.98 Å². The third-order valence-corrected chi connectivity index (χ3v) is 4.49. The number of aromatic nitrogens is 4. The first-order valence-corrected chi connectivity index (χ1v) is 8.39. The zero-order valence-electron chi connectivity index (χ0n) is 13.8. The number of nitrogens with zero attached hydrogens (tertiary/aromatic N) is 6. The number of benzene rings is 1. The maximum Gasteiger partial charge on any atom is 0.218 e. The Kier molecular flexibility index (Phi) is 4.23. The van der Waals surface area contributed by atoms with Crippen LogP contribution in [0.2, 0.25) is 5.02 Å². The quantitative estimate of drug-likeness (QED) is 0.713. The summed E-state index contributed by atoms with van der Waals surface area (Å²) in [5.74, 6) is 2.34. The van der Waals surface area contributed by atoms with Crippen molar-refractivity contribution in [2.75, 3.05) is 43.1 Å². The first-order valence-electron chi connectivity index (χ1n) is 8.01. The molecule has 0 bridgehead atoms. The van der Waals surface area contributed by atoms with Gasteiger partial charge in [0.2, 0.25) is 5.88 Å². The molecule has 1 fully saturated rings. The molecule has 128 valence electrons. The molecule has 0 N–H and O–H groups in total. The molecule has 3 aromatic rings. The minimum absolute atomic E-state index is 0.575. The van der Waals surface area contributed by atoms with Gasteiger partial charge in [-0.1, -0.05) is 11.6 Å². The number of methoxy groups -OCH3 is 1. The van der Waals surface area contributed by atoms with Crippen molar-refractivity contribution < 1.29 is 4.74 Å². The number of ether oxygens (including phenoxy) is 1. The fourth-order valence-corrected chi connectivity index (χ4v) is 3.07. The average Bonchev–Trinajstić information content (AvgIpc) is 2.68. The van der Waals surface area contributed by atoms with Gasteiger partial charge in [-0.15, -0.1) is 0 Å². The van der Waals surface area contributed by atoms with Crippen molar-refractivity contribution in [2.24, 2.45) is 0 Å². The highest BCUT2D eigenvalue weighted by Crippen LogP contribution is 2.22. The molecule has 1 aliphatic rings. The van der Waals surface area contributed by atoms with E-state index in [1.807, 2.05) is 30.5 Å². The standard InChI is InChI=1S/C17H17ClN6O/c1-25-17-9-15(20-11-21-17)23-4-6-24(7-5-23)16-10-19-14-8-12(18)2-3-13(14)22-16/h2-3,8-11H,4-7H2,1H3. The number of hydrogen-bond acceptors (Lipinski definition) is 7. The third-order valence-electron chi connectivity index (χ3n) is 4.26. The van der Waals surface area contributed by atoms with E-state index in [1.54, 1.807) is 7.11 Å². The van der Waals surface area contributed by atoms with Crippen LogP contribution in [0, 0.1) is 0 Å². The van der Waals surface area contributed by atoms with Crippen molar-refractivity contribution in [3.05, 3.63) is 41.8 Å². The van der Waals surface area contributed by atoms with Crippen LogP contribution < -0.4 is 14.5 Å². The smallest absolute Gasteiger partial charge is 0.218 e. The van der Waals surface area contributed by atoms with Gasteiger partial charge < -0.3 is 14.5 Å². The normalized spacial score (nSPS) is 14.8. The molecular weight excluding hydrogens is 340 g/mol. The van der Waals surface area contributed by atoms with Gasteiger partial charge in [0.05, 0.1) is 24.3 Å². The van der Waals surface area contributed by atoms with E-state index in [0.29, 0.717) is 10.9 Å². The number of halogens is 1. The molecular formula is C17H17ClN6O. The molecule has 0 saturated carbocycles. The number of hydrogen-bond donors (Lipinski definition) is 0. The highest BCUT2D eigenvalue weighted by molar-refractivity contribution is 6.31. The van der Waals surface area contributed by atoms with E-state index in [0.717, 1.165) is 48.8 Å². The summed E-state index contributed by atoms with van der Waals surface area (Å²) < 4.78 is 5.17. The van der Waals surface area contributed by atoms with Crippen LogP contribution in [0.5, 0.6) is 5.88 Å². The SMILES string of the molecule is COc1cc(N2CCN(c3cnc4cc(Cl)ccc4n3)CC2)ncn1. The van der Waals surface area contributed by atoms with Crippen LogP contribution in [0.3, 0.4) is 0 Å². The largest absolute Gasteiger partial charge is 0.481 e. The molecule has 1 aliphatic heterocycles. The summed E-state index contributed by atoms with van der Waals surface area (Å²) in [6, 6.07) is 7.42. The van der Waals surface area contributed by atoms with Crippen LogP contribution in [0.25, 0.3) is 11.0 Å². The lowest BCUT2D eigenvalue weighted by atomic mass is 10.3. The minimum Gasteiger partial charge on any atom is -0.481 e. The lowest BCUT2D eigenvalue weighted by Gasteiger charge is -2.35. The molecule has 4 rings (SSSR count). The number of piperazine rings is 1. The van der Waals surface area contributed by atoms with E-state index < -0.39 is 0 Å². The van der Waals surface area contributed by atoms with E-state index in [9.17, 15) is 0 Å². The second-order valence-electron chi connectivity index (χ2n) is 5.75. The highest BCUT2D eigenvalue weighted by atomic mass is 35.5. The molecule has 0 aliphatic carbocycles. The summed E-state index contributed by atoms with van der Waals surface area (Å²) >= 11 is 6.00. The van der Waals surface area contributed by atoms with Crippen molar-refractivity contribution in [2.45, 2.75) is 0 Å². The van der Waals surface area contributed by atoms with E-state index in [-0.39, 0.29) is 0 Å². The Labute approximate surface area is 150 Å². The number of anilines is 2. The van der Waals surface area contributed by atoms with Crippen molar-refractivity contribution >= 4 is 34.3 Å². The summed E-state index contributed by atoms with van der Waals surface area (Å²) in [5, 5.41) is 0.670. The van der Waals surface area contributed by atoms with Gasteiger partial charge in [0.15, 0.2) is 0 Å². The molecule has 3 heterocycles. The molecule has 25 heavy (non-hydrogen) atoms. The Morgan fingerprint density at radius 3 is 2.44 bits per heavy atom. The van der Waals surface area contributed by atoms with Gasteiger partial charge in [0.25, 0.3) is 0 Å². The Morgan fingerprint density at radius 1 is 0.920 bits per heavy atom. The van der Waals surface area contributed by atoms with Gasteiger partial charge >= 0.3 is 0 Å². The summed E-state index contributed by atoms with van der Waals surface area (Å²) in [5.41, 5.74) is 1.66. The Morgan fingerprint density at radius 2 is 1.68 bits per heavy atom. The zero-order valence-corrected chi connectivity index (χ0v) is 14.5. The van der Waals surface area contributed by atoms with Gasteiger partial charge in [-0.05, 0) is 18.2 Å². The highest BCUT2D eigenvalue weighted by Gasteiger charge is 2.20. The fourth-order valence-electron chi connectivity index (χ4n) is 2.91. The monoisotopic (exact) mass is 356 g/mol. The van der Waals surface area contributed by atoms with Crippen LogP contribution in [-0.4, -0.2) is 53.2 Å². The van der Waals surface area contributed by atoms with Crippen LogP contribution in [0.15, 0.2) is 36.8 Å². The van der Waals surface area contributed by atoms with Crippen LogP contribution in [0.1, 0.15) is 0 Å². The van der Waals surface area contributed by atoms with Gasteiger partial charge in [0.1, 0.15) is 18.0 Å². The first kappa shape index (κ1) is 15.8. The predicted octanol–water partition coefficient (Wildman–Crippen LogP) is 2.41. The molecule has 0 radical (unpaired) electrons. The summed E-state index contributed by atoms with van der Waals surface area (Å²) in [7, 11) is 1.61. The predicted molar refractivity (Wildman–Crippen MR) is 97.6 cm³/mol. The third kappa shape index (κ3) is 3.28. The van der Waals surface area contributed by atoms with E-state index >= 15 is 0 Å². The van der Waals surface area contributed by atoms with E-state index in [4.69, 9.17) is 21.3 Å². The topological polar surface area (TPSA) is 67.3 Å². The second kappa shape index (κ2) is 6.68. The molecule has 1 saturated heterocycles. The van der Waals surface area contributed by atoms with E-state index in [2.05, 4.69) is 24.8 Å². The van der Waals surface area contributed by atoms with Crippen molar-refractivity contribution in [1.29, 1.82) is 0 Å². The number of fused-ring (bicyclic) bond motifs is 1. The van der Waals surface area contributed by atoms with Crippen molar-refractivity contribution in [3.8, 4) is 5.88 Å². The molecule has 0 atom stereocenters. The molecule has 0 amide bonds. The van der Waals surface area contributed by atoms with E-state index in [1.165, 1.54) is 6.33 Å². The lowest BCUT2D eigenvalue weighted by molar-refractivity contribution is 0.396. The second-order valence-corrected chi connectivity index (χ2v) is 6.19. The van der Waals surface area contributed by atoms with Crippen LogP contribution in [-0.2, 0) is 0 Å². The molecule has 0 spiro atoms. The van der Waals surface area contributed by atoms with Gasteiger partial charge in [-0.25, -0.2) is 15.0 Å². The minimum atomic E-state index is 0.575. The summed E-state index contributed by atoms with van der Waals surface area (Å²) in [4.78, 5) is 22.0. The first-order chi connectivity index (χ1) is 12.2. The van der Waals surface area contributed by atoms with Gasteiger partial charge in [-0.2, -0.15) is 0 Å². The van der Waals surface area contributed by atoms with Crippen molar-refractivity contribution in [3.63, 3.8) is 0 Å². The molecule has 7 nitrogen and oxygen atoms in total. The number of rotatable bonds is 3. The molecule has 2 aromatic heterocycles. The van der Waals surface area contributed by atoms with Crippen LogP contribution >= 0.6 is 11.6 Å². The van der Waals surface area contributed by atoms with Crippen LogP contribution in [0.4, 0.5) is 11.6 Å². The molecule has 8 heteroatoms. The lowest BCUT2D eigenvalue weighted by Crippen LogP contribution is -2.47. The Hall–Kier alpha value is -2.67. The Balaban J connectivity index is 1.48. The molecule has 0 unspecified atom stereocenters. The van der Waals surface area contributed by atoms with Crippen molar-refractivity contribution in [1.82, 2.24) is 19.9 Å². The maximum absolute atomic E-state index is 6.00.